The molecular weight excluding hydrogens is 419 g/mol. The molecule has 1 unspecified atom stereocenters. The molecule has 146 valence electrons. The van der Waals surface area contributed by atoms with Crippen LogP contribution in [0.15, 0.2) is 59.6 Å². The summed E-state index contributed by atoms with van der Waals surface area (Å²) in [6, 6.07) is 7.19. The molecule has 0 fully saturated rings. The molecule has 0 aliphatic heterocycles. The highest BCUT2D eigenvalue weighted by Crippen LogP contribution is 2.38. The van der Waals surface area contributed by atoms with Gasteiger partial charge < -0.3 is 15.7 Å². The molecule has 3 N–H and O–H groups in total. The van der Waals surface area contributed by atoms with Gasteiger partial charge in [-0.05, 0) is 36.4 Å². The number of ketones is 1. The highest BCUT2D eigenvalue weighted by Gasteiger charge is 2.36. The van der Waals surface area contributed by atoms with Gasteiger partial charge >= 0.3 is 6.18 Å². The Hall–Kier alpha value is -2.57. The summed E-state index contributed by atoms with van der Waals surface area (Å²) in [5, 5.41) is 14.5. The molecule has 0 bridgehead atoms. The van der Waals surface area contributed by atoms with Gasteiger partial charge in [-0.1, -0.05) is 11.6 Å². The minimum absolute atomic E-state index is 0.0137. The smallest absolute Gasteiger partial charge is 0.417 e. The molecule has 0 saturated carbocycles. The van der Waals surface area contributed by atoms with E-state index in [9.17, 15) is 27.5 Å². The van der Waals surface area contributed by atoms with E-state index in [1.54, 1.807) is 0 Å². The molecule has 1 aliphatic carbocycles. The highest BCUT2D eigenvalue weighted by molar-refractivity contribution is 7.27. The van der Waals surface area contributed by atoms with E-state index in [-0.39, 0.29) is 28.0 Å². The molecule has 0 heterocycles. The second kappa shape index (κ2) is 7.45. The lowest BCUT2D eigenvalue weighted by atomic mass is 9.92. The number of alkyl halides is 3. The molecule has 1 aliphatic rings. The Bertz CT molecular complexity index is 1030. The third-order valence-corrected chi connectivity index (χ3v) is 4.70. The monoisotopic (exact) mass is 430 g/mol. The van der Waals surface area contributed by atoms with Gasteiger partial charge in [0, 0.05) is 16.7 Å². The van der Waals surface area contributed by atoms with Crippen LogP contribution >= 0.6 is 20.8 Å². The standard InChI is InChI=1S/C18H12ClF4N2O2P/c19-12-3-1-8(5-11(12)18(21,22)23)24-15-10(7-26)17(27)16(15)25-9-2-4-13(20)14(28)6-9/h1-7,24-26H,28H2. The van der Waals surface area contributed by atoms with Crippen LogP contribution in [0.5, 0.6) is 0 Å². The van der Waals surface area contributed by atoms with Crippen molar-refractivity contribution in [2.24, 2.45) is 0 Å². The molecule has 0 radical (unpaired) electrons. The molecule has 28 heavy (non-hydrogen) atoms. The van der Waals surface area contributed by atoms with Gasteiger partial charge in [0.25, 0.3) is 0 Å². The zero-order chi connectivity index (χ0) is 20.6. The van der Waals surface area contributed by atoms with Crippen molar-refractivity contribution in [1.82, 2.24) is 0 Å². The second-order valence-corrected chi connectivity index (χ2v) is 6.83. The minimum Gasteiger partial charge on any atom is -0.515 e. The van der Waals surface area contributed by atoms with Crippen LogP contribution in [0.25, 0.3) is 0 Å². The zero-order valence-electron chi connectivity index (χ0n) is 13.9. The van der Waals surface area contributed by atoms with E-state index in [2.05, 4.69) is 19.9 Å². The van der Waals surface area contributed by atoms with Crippen molar-refractivity contribution in [3.8, 4) is 0 Å². The van der Waals surface area contributed by atoms with Crippen LogP contribution in [0.1, 0.15) is 5.56 Å². The van der Waals surface area contributed by atoms with Gasteiger partial charge in [0.2, 0.25) is 5.78 Å². The lowest BCUT2D eigenvalue weighted by molar-refractivity contribution is -0.137. The van der Waals surface area contributed by atoms with Crippen molar-refractivity contribution < 1.29 is 27.5 Å². The number of Topliss-reactive ketones (excluding diaryl/α,β-unsaturated/α-hetero) is 1. The highest BCUT2D eigenvalue weighted by atomic mass is 35.5. The fraction of sp³-hybridized carbons (Fsp3) is 0.0556. The van der Waals surface area contributed by atoms with E-state index in [1.165, 1.54) is 24.3 Å². The maximum atomic E-state index is 13.4. The third-order valence-electron chi connectivity index (χ3n) is 3.93. The predicted molar refractivity (Wildman–Crippen MR) is 102 cm³/mol. The second-order valence-electron chi connectivity index (χ2n) is 5.80. The molecule has 10 heteroatoms. The summed E-state index contributed by atoms with van der Waals surface area (Å²) < 4.78 is 52.5. The van der Waals surface area contributed by atoms with Crippen molar-refractivity contribution in [1.29, 1.82) is 0 Å². The summed E-state index contributed by atoms with van der Waals surface area (Å²) in [6.45, 7) is 0. The number of halogens is 5. The van der Waals surface area contributed by atoms with E-state index < -0.39 is 28.4 Å². The summed E-state index contributed by atoms with van der Waals surface area (Å²) in [4.78, 5) is 12.2. The Balaban J connectivity index is 1.95. The predicted octanol–water partition coefficient (Wildman–Crippen LogP) is 4.76. The van der Waals surface area contributed by atoms with Gasteiger partial charge in [0.1, 0.15) is 11.5 Å². The van der Waals surface area contributed by atoms with E-state index in [0.717, 1.165) is 12.1 Å². The molecule has 0 aromatic heterocycles. The van der Waals surface area contributed by atoms with E-state index in [4.69, 9.17) is 11.6 Å². The minimum atomic E-state index is -4.65. The molecule has 0 amide bonds. The van der Waals surface area contributed by atoms with Gasteiger partial charge in [0.05, 0.1) is 28.1 Å². The van der Waals surface area contributed by atoms with Crippen molar-refractivity contribution in [2.45, 2.75) is 6.18 Å². The van der Waals surface area contributed by atoms with Gasteiger partial charge in [-0.3, -0.25) is 4.79 Å². The largest absolute Gasteiger partial charge is 0.515 e. The average molecular weight is 431 g/mol. The molecule has 2 aromatic carbocycles. The number of hydrogen-bond donors (Lipinski definition) is 3. The van der Waals surface area contributed by atoms with Gasteiger partial charge in [-0.15, -0.1) is 9.24 Å². The van der Waals surface area contributed by atoms with Crippen LogP contribution in [0.2, 0.25) is 5.02 Å². The first kappa shape index (κ1) is 20.2. The Morgan fingerprint density at radius 1 is 1.04 bits per heavy atom. The first-order valence-electron chi connectivity index (χ1n) is 7.71. The number of benzene rings is 2. The molecule has 2 aromatic rings. The molecule has 0 spiro atoms. The normalized spacial score (nSPS) is 15.6. The number of aliphatic hydroxyl groups is 1. The molecule has 1 atom stereocenters. The van der Waals surface area contributed by atoms with E-state index in [1.807, 2.05) is 0 Å². The number of allylic oxidation sites excluding steroid dienone is 2. The maximum absolute atomic E-state index is 13.4. The Morgan fingerprint density at radius 3 is 2.25 bits per heavy atom. The number of carbonyl (C=O) groups excluding carboxylic acids is 1. The summed E-state index contributed by atoms with van der Waals surface area (Å²) in [5.41, 5.74) is -0.640. The van der Waals surface area contributed by atoms with Crippen LogP contribution in [0, 0.1) is 5.82 Å². The summed E-state index contributed by atoms with van der Waals surface area (Å²) in [6.07, 6.45) is -4.10. The maximum Gasteiger partial charge on any atom is 0.417 e. The Labute approximate surface area is 164 Å². The topological polar surface area (TPSA) is 61.4 Å². The summed E-state index contributed by atoms with van der Waals surface area (Å²) >= 11 is 5.60. The Morgan fingerprint density at radius 2 is 1.64 bits per heavy atom. The summed E-state index contributed by atoms with van der Waals surface area (Å²) in [7, 11) is 2.20. The first-order valence-corrected chi connectivity index (χ1v) is 8.67. The number of rotatable bonds is 4. The van der Waals surface area contributed by atoms with Crippen LogP contribution in [0.4, 0.5) is 28.9 Å². The van der Waals surface area contributed by atoms with Gasteiger partial charge in [-0.25, -0.2) is 4.39 Å². The number of anilines is 2. The van der Waals surface area contributed by atoms with Crippen molar-refractivity contribution >= 4 is 43.3 Å². The average Bonchev–Trinajstić information content (AvgIpc) is 2.63. The van der Waals surface area contributed by atoms with Crippen LogP contribution in [-0.4, -0.2) is 10.9 Å². The van der Waals surface area contributed by atoms with Gasteiger partial charge in [0.15, 0.2) is 0 Å². The lowest BCUT2D eigenvalue weighted by Crippen LogP contribution is -2.31. The third kappa shape index (κ3) is 3.84. The summed E-state index contributed by atoms with van der Waals surface area (Å²) in [5.74, 6) is -1.01. The molecule has 3 rings (SSSR count). The van der Waals surface area contributed by atoms with Crippen molar-refractivity contribution in [2.75, 3.05) is 10.6 Å². The number of hydrogen-bond acceptors (Lipinski definition) is 4. The fourth-order valence-electron chi connectivity index (χ4n) is 2.54. The number of carbonyl (C=O) groups is 1. The van der Waals surface area contributed by atoms with Gasteiger partial charge in [-0.2, -0.15) is 13.2 Å². The quantitative estimate of drug-likeness (QED) is 0.283. The SMILES string of the molecule is O=C1C(=CO)C(Nc2ccc(Cl)c(C(F)(F)F)c2)=C1Nc1ccc(F)c(P)c1. The number of aliphatic hydroxyl groups excluding tert-OH is 1. The number of nitrogens with one attached hydrogen (secondary N) is 2. The van der Waals surface area contributed by atoms with Crippen LogP contribution in [0.3, 0.4) is 0 Å². The van der Waals surface area contributed by atoms with E-state index >= 15 is 0 Å². The van der Waals surface area contributed by atoms with Crippen molar-refractivity contribution in [3.63, 3.8) is 0 Å². The van der Waals surface area contributed by atoms with Crippen LogP contribution < -0.4 is 15.9 Å². The Kier molecular flexibility index (Phi) is 5.37. The van der Waals surface area contributed by atoms with Crippen molar-refractivity contribution in [3.05, 3.63) is 76.0 Å². The van der Waals surface area contributed by atoms with Crippen LogP contribution in [-0.2, 0) is 11.0 Å². The molecule has 4 nitrogen and oxygen atoms in total. The molecule has 0 saturated heterocycles. The fourth-order valence-corrected chi connectivity index (χ4v) is 3.04. The molecular formula is C18H12ClF4N2O2P. The van der Waals surface area contributed by atoms with E-state index in [0.29, 0.717) is 11.9 Å². The first-order chi connectivity index (χ1) is 13.1. The lowest BCUT2D eigenvalue weighted by Gasteiger charge is -2.27. The zero-order valence-corrected chi connectivity index (χ0v) is 15.8.